The van der Waals surface area contributed by atoms with E-state index in [1.54, 1.807) is 0 Å². The van der Waals surface area contributed by atoms with E-state index in [0.29, 0.717) is 11.4 Å². The summed E-state index contributed by atoms with van der Waals surface area (Å²) in [5, 5.41) is 0.335. The van der Waals surface area contributed by atoms with Crippen LogP contribution in [0.5, 0.6) is 0 Å². The molecule has 2 heterocycles. The highest BCUT2D eigenvalue weighted by Gasteiger charge is 2.21. The summed E-state index contributed by atoms with van der Waals surface area (Å²) in [4.78, 5) is 4.05. The lowest BCUT2D eigenvalue weighted by Crippen LogP contribution is -2.24. The van der Waals surface area contributed by atoms with E-state index in [9.17, 15) is 0 Å². The van der Waals surface area contributed by atoms with Crippen molar-refractivity contribution in [3.63, 3.8) is 0 Å². The molecule has 1 aliphatic rings. The van der Waals surface area contributed by atoms with Gasteiger partial charge in [0.2, 0.25) is 0 Å². The van der Waals surface area contributed by atoms with Crippen molar-refractivity contribution < 1.29 is 4.74 Å². The summed E-state index contributed by atoms with van der Waals surface area (Å²) in [7, 11) is 0. The molecule has 1 saturated heterocycles. The Morgan fingerprint density at radius 3 is 2.88 bits per heavy atom. The highest BCUT2D eigenvalue weighted by atomic mass is 32.2. The summed E-state index contributed by atoms with van der Waals surface area (Å²) in [5.41, 5.74) is 7.33. The van der Waals surface area contributed by atoms with Gasteiger partial charge in [-0.05, 0) is 37.5 Å². The van der Waals surface area contributed by atoms with Gasteiger partial charge in [-0.3, -0.25) is 4.98 Å². The normalized spacial score (nSPS) is 23.5. The van der Waals surface area contributed by atoms with E-state index in [1.807, 2.05) is 24.2 Å². The molecule has 2 rings (SSSR count). The first-order valence-electron chi connectivity index (χ1n) is 6.16. The zero-order chi connectivity index (χ0) is 12.1. The van der Waals surface area contributed by atoms with Gasteiger partial charge >= 0.3 is 0 Å². The predicted molar refractivity (Wildman–Crippen MR) is 72.1 cm³/mol. The van der Waals surface area contributed by atoms with Crippen molar-refractivity contribution in [3.8, 4) is 0 Å². The van der Waals surface area contributed by atoms with E-state index in [4.69, 9.17) is 10.5 Å². The second-order valence-corrected chi connectivity index (χ2v) is 5.70. The van der Waals surface area contributed by atoms with Crippen LogP contribution in [0, 0.1) is 0 Å². The summed E-state index contributed by atoms with van der Waals surface area (Å²) >= 11 is 1.90. The van der Waals surface area contributed by atoms with E-state index in [2.05, 4.69) is 24.0 Å². The first kappa shape index (κ1) is 12.9. The highest BCUT2D eigenvalue weighted by Crippen LogP contribution is 2.33. The SMILES string of the molecule is CC(N)C(SCC1CCCO1)c1ccncc1. The van der Waals surface area contributed by atoms with Crippen LogP contribution in [0.4, 0.5) is 0 Å². The van der Waals surface area contributed by atoms with Gasteiger partial charge in [-0.2, -0.15) is 0 Å². The summed E-state index contributed by atoms with van der Waals surface area (Å²) in [6.07, 6.45) is 6.47. The van der Waals surface area contributed by atoms with E-state index < -0.39 is 0 Å². The van der Waals surface area contributed by atoms with Gasteiger partial charge in [0, 0.05) is 36.0 Å². The third kappa shape index (κ3) is 3.69. The minimum atomic E-state index is 0.142. The van der Waals surface area contributed by atoms with Crippen molar-refractivity contribution in [3.05, 3.63) is 30.1 Å². The number of nitrogens with zero attached hydrogens (tertiary/aromatic N) is 1. The summed E-state index contributed by atoms with van der Waals surface area (Å²) in [6.45, 7) is 2.98. The molecular weight excluding hydrogens is 232 g/mol. The van der Waals surface area contributed by atoms with Crippen LogP contribution in [-0.2, 0) is 4.74 Å². The first-order valence-corrected chi connectivity index (χ1v) is 7.21. The number of aromatic nitrogens is 1. The minimum Gasteiger partial charge on any atom is -0.377 e. The number of rotatable bonds is 5. The first-order chi connectivity index (χ1) is 8.27. The summed E-state index contributed by atoms with van der Waals surface area (Å²) < 4.78 is 5.64. The maximum absolute atomic E-state index is 6.07. The molecule has 17 heavy (non-hydrogen) atoms. The Hall–Kier alpha value is -0.580. The van der Waals surface area contributed by atoms with E-state index in [0.717, 1.165) is 12.4 Å². The molecule has 4 heteroatoms. The van der Waals surface area contributed by atoms with E-state index >= 15 is 0 Å². The maximum atomic E-state index is 6.07. The molecule has 0 bridgehead atoms. The Morgan fingerprint density at radius 2 is 2.29 bits per heavy atom. The Balaban J connectivity index is 1.93. The van der Waals surface area contributed by atoms with Crippen LogP contribution in [0.25, 0.3) is 0 Å². The highest BCUT2D eigenvalue weighted by molar-refractivity contribution is 7.99. The predicted octanol–water partition coefficient (Wildman–Crippen LogP) is 2.38. The molecule has 3 unspecified atom stereocenters. The molecule has 1 aromatic heterocycles. The van der Waals surface area contributed by atoms with Crippen molar-refractivity contribution in [1.82, 2.24) is 4.98 Å². The van der Waals surface area contributed by atoms with Crippen LogP contribution < -0.4 is 5.73 Å². The molecule has 94 valence electrons. The number of thioether (sulfide) groups is 1. The standard InChI is InChI=1S/C13H20N2OS/c1-10(14)13(11-4-6-15-7-5-11)17-9-12-3-2-8-16-12/h4-7,10,12-13H,2-3,8-9,14H2,1H3. The van der Waals surface area contributed by atoms with Gasteiger partial charge < -0.3 is 10.5 Å². The molecule has 0 spiro atoms. The molecular formula is C13H20N2OS. The smallest absolute Gasteiger partial charge is 0.0666 e. The fraction of sp³-hybridized carbons (Fsp3) is 0.615. The zero-order valence-corrected chi connectivity index (χ0v) is 11.0. The quantitative estimate of drug-likeness (QED) is 0.874. The second-order valence-electron chi connectivity index (χ2n) is 4.53. The molecule has 3 atom stereocenters. The number of pyridine rings is 1. The van der Waals surface area contributed by atoms with Crippen LogP contribution >= 0.6 is 11.8 Å². The van der Waals surface area contributed by atoms with Gasteiger partial charge in [0.05, 0.1) is 6.10 Å². The topological polar surface area (TPSA) is 48.1 Å². The molecule has 1 aromatic rings. The fourth-order valence-corrected chi connectivity index (χ4v) is 3.43. The Bertz CT molecular complexity index is 325. The number of ether oxygens (including phenoxy) is 1. The summed E-state index contributed by atoms with van der Waals surface area (Å²) in [5.74, 6) is 1.04. The van der Waals surface area contributed by atoms with Crippen LogP contribution in [-0.4, -0.2) is 29.5 Å². The molecule has 0 aliphatic carbocycles. The Morgan fingerprint density at radius 1 is 1.53 bits per heavy atom. The van der Waals surface area contributed by atoms with Crippen LogP contribution in [0.15, 0.2) is 24.5 Å². The molecule has 2 N–H and O–H groups in total. The molecule has 3 nitrogen and oxygen atoms in total. The lowest BCUT2D eigenvalue weighted by molar-refractivity contribution is 0.128. The van der Waals surface area contributed by atoms with Gasteiger partial charge in [-0.15, -0.1) is 11.8 Å². The van der Waals surface area contributed by atoms with Crippen molar-refractivity contribution in [2.75, 3.05) is 12.4 Å². The lowest BCUT2D eigenvalue weighted by atomic mass is 10.1. The van der Waals surface area contributed by atoms with Crippen molar-refractivity contribution in [1.29, 1.82) is 0 Å². The maximum Gasteiger partial charge on any atom is 0.0666 e. The molecule has 0 saturated carbocycles. The van der Waals surface area contributed by atoms with Crippen LogP contribution in [0.3, 0.4) is 0 Å². The third-order valence-electron chi connectivity index (χ3n) is 3.00. The van der Waals surface area contributed by atoms with Crippen molar-refractivity contribution in [2.24, 2.45) is 5.73 Å². The van der Waals surface area contributed by atoms with Gasteiger partial charge in [0.25, 0.3) is 0 Å². The van der Waals surface area contributed by atoms with Gasteiger partial charge in [-0.1, -0.05) is 0 Å². The van der Waals surface area contributed by atoms with E-state index in [1.165, 1.54) is 18.4 Å². The van der Waals surface area contributed by atoms with Crippen molar-refractivity contribution >= 4 is 11.8 Å². The Kier molecular flexibility index (Phi) is 4.83. The lowest BCUT2D eigenvalue weighted by Gasteiger charge is -2.22. The van der Waals surface area contributed by atoms with Gasteiger partial charge in [0.15, 0.2) is 0 Å². The molecule has 0 amide bonds. The number of hydrogen-bond acceptors (Lipinski definition) is 4. The average Bonchev–Trinajstić information content (AvgIpc) is 2.83. The second kappa shape index (κ2) is 6.38. The van der Waals surface area contributed by atoms with Crippen LogP contribution in [0.2, 0.25) is 0 Å². The van der Waals surface area contributed by atoms with Gasteiger partial charge in [0.1, 0.15) is 0 Å². The largest absolute Gasteiger partial charge is 0.377 e. The third-order valence-corrected chi connectivity index (χ3v) is 4.62. The molecule has 0 aromatic carbocycles. The van der Waals surface area contributed by atoms with Gasteiger partial charge in [-0.25, -0.2) is 0 Å². The minimum absolute atomic E-state index is 0.142. The van der Waals surface area contributed by atoms with Crippen molar-refractivity contribution in [2.45, 2.75) is 37.2 Å². The number of hydrogen-bond donors (Lipinski definition) is 1. The number of nitrogens with two attached hydrogens (primary N) is 1. The monoisotopic (exact) mass is 252 g/mol. The zero-order valence-electron chi connectivity index (χ0n) is 10.2. The fourth-order valence-electron chi connectivity index (χ4n) is 2.09. The molecule has 0 radical (unpaired) electrons. The Labute approximate surface area is 107 Å². The van der Waals surface area contributed by atoms with Crippen LogP contribution in [0.1, 0.15) is 30.6 Å². The summed E-state index contributed by atoms with van der Waals surface area (Å²) in [6, 6.07) is 4.25. The molecule has 1 fully saturated rings. The molecule has 1 aliphatic heterocycles. The average molecular weight is 252 g/mol. The van der Waals surface area contributed by atoms with E-state index in [-0.39, 0.29) is 6.04 Å².